The van der Waals surface area contributed by atoms with Crippen LogP contribution in [0.2, 0.25) is 5.02 Å². The zero-order valence-electron chi connectivity index (χ0n) is 19.8. The minimum atomic E-state index is -4.57. The molecule has 1 unspecified atom stereocenters. The summed E-state index contributed by atoms with van der Waals surface area (Å²) < 4.78 is 52.1. The summed E-state index contributed by atoms with van der Waals surface area (Å²) in [5.74, 6) is 1.36. The molecule has 12 heteroatoms. The molecule has 4 aromatic rings. The van der Waals surface area contributed by atoms with E-state index in [1.54, 1.807) is 6.92 Å². The van der Waals surface area contributed by atoms with Gasteiger partial charge < -0.3 is 14.8 Å². The van der Waals surface area contributed by atoms with Gasteiger partial charge >= 0.3 is 6.18 Å². The molecule has 2 heterocycles. The van der Waals surface area contributed by atoms with E-state index in [4.69, 9.17) is 21.1 Å². The lowest BCUT2D eigenvalue weighted by Gasteiger charge is -2.16. The molecular weight excluding hydrogens is 541 g/mol. The third kappa shape index (κ3) is 5.58. The van der Waals surface area contributed by atoms with Crippen LogP contribution in [0.4, 0.5) is 18.9 Å². The Kier molecular flexibility index (Phi) is 7.22. The fraction of sp³-hybridized carbons (Fsp3) is 0.192. The molecule has 3 aromatic carbocycles. The lowest BCUT2D eigenvalue weighted by atomic mass is 10.2. The molecule has 0 radical (unpaired) electrons. The SMILES string of the molecule is CC(Sc1nnc(-c2ccccc2)n1Cc1ccc2c(c1)OCO2)C(=O)Nc1cc(C(F)(F)F)ccc1Cl. The standard InChI is InChI=1S/C26H20ClF3N4O3S/c1-15(24(35)31-20-12-18(26(28,29)30)8-9-19(20)27)38-25-33-32-23(17-5-3-2-4-6-17)34(25)13-16-7-10-21-22(11-16)37-14-36-21/h2-12,15H,13-14H2,1H3,(H,31,35). The topological polar surface area (TPSA) is 78.3 Å². The van der Waals surface area contributed by atoms with Crippen molar-refractivity contribution in [3.63, 3.8) is 0 Å². The Labute approximate surface area is 224 Å². The van der Waals surface area contributed by atoms with Gasteiger partial charge in [0.2, 0.25) is 12.7 Å². The molecule has 0 saturated carbocycles. The molecule has 1 N–H and O–H groups in total. The van der Waals surface area contributed by atoms with Crippen LogP contribution in [-0.4, -0.2) is 32.7 Å². The molecule has 0 aliphatic carbocycles. The van der Waals surface area contributed by atoms with Gasteiger partial charge in [0.1, 0.15) is 0 Å². The van der Waals surface area contributed by atoms with Gasteiger partial charge in [0, 0.05) is 5.56 Å². The van der Waals surface area contributed by atoms with Crippen LogP contribution < -0.4 is 14.8 Å². The van der Waals surface area contributed by atoms with Gasteiger partial charge in [-0.2, -0.15) is 13.2 Å². The second-order valence-corrected chi connectivity index (χ2v) is 10.1. The number of thioether (sulfide) groups is 1. The summed E-state index contributed by atoms with van der Waals surface area (Å²) in [5, 5.41) is 10.9. The highest BCUT2D eigenvalue weighted by atomic mass is 35.5. The van der Waals surface area contributed by atoms with Crippen molar-refractivity contribution >= 4 is 35.0 Å². The number of carbonyl (C=O) groups excluding carboxylic acids is 1. The number of ether oxygens (including phenoxy) is 2. The summed E-state index contributed by atoms with van der Waals surface area (Å²) in [6.07, 6.45) is -4.57. The maximum Gasteiger partial charge on any atom is 0.416 e. The maximum absolute atomic E-state index is 13.1. The van der Waals surface area contributed by atoms with Crippen molar-refractivity contribution in [1.82, 2.24) is 14.8 Å². The van der Waals surface area contributed by atoms with Gasteiger partial charge in [0.25, 0.3) is 0 Å². The molecule has 0 spiro atoms. The number of carbonyl (C=O) groups is 1. The van der Waals surface area contributed by atoms with Gasteiger partial charge in [0.15, 0.2) is 22.5 Å². The van der Waals surface area contributed by atoms with E-state index in [2.05, 4.69) is 15.5 Å². The Hall–Kier alpha value is -3.70. The van der Waals surface area contributed by atoms with E-state index in [9.17, 15) is 18.0 Å². The van der Waals surface area contributed by atoms with Crippen molar-refractivity contribution in [3.05, 3.63) is 82.9 Å². The predicted octanol–water partition coefficient (Wildman–Crippen LogP) is 6.51. The number of hydrogen-bond donors (Lipinski definition) is 1. The molecule has 1 aliphatic rings. The maximum atomic E-state index is 13.1. The first-order valence-electron chi connectivity index (χ1n) is 11.4. The van der Waals surface area contributed by atoms with E-state index < -0.39 is 22.9 Å². The highest BCUT2D eigenvalue weighted by molar-refractivity contribution is 8.00. The molecule has 1 amide bonds. The number of nitrogens with zero attached hydrogens (tertiary/aromatic N) is 3. The van der Waals surface area contributed by atoms with E-state index in [0.29, 0.717) is 29.0 Å². The van der Waals surface area contributed by atoms with E-state index in [1.807, 2.05) is 53.1 Å². The highest BCUT2D eigenvalue weighted by Gasteiger charge is 2.31. The number of amides is 1. The third-order valence-corrected chi connectivity index (χ3v) is 7.14. The van der Waals surface area contributed by atoms with Crippen molar-refractivity contribution in [2.45, 2.75) is 30.1 Å². The quantitative estimate of drug-likeness (QED) is 0.260. The number of benzene rings is 3. The van der Waals surface area contributed by atoms with Gasteiger partial charge in [-0.1, -0.05) is 59.8 Å². The Morgan fingerprint density at radius 3 is 2.61 bits per heavy atom. The smallest absolute Gasteiger partial charge is 0.416 e. The van der Waals surface area contributed by atoms with Gasteiger partial charge in [-0.3, -0.25) is 9.36 Å². The summed E-state index contributed by atoms with van der Waals surface area (Å²) in [6.45, 7) is 2.16. The average molecular weight is 561 g/mol. The molecule has 1 aromatic heterocycles. The summed E-state index contributed by atoms with van der Waals surface area (Å²) in [6, 6.07) is 17.8. The van der Waals surface area contributed by atoms with Crippen molar-refractivity contribution in [2.24, 2.45) is 0 Å². The largest absolute Gasteiger partial charge is 0.454 e. The van der Waals surface area contributed by atoms with Crippen molar-refractivity contribution in [2.75, 3.05) is 12.1 Å². The lowest BCUT2D eigenvalue weighted by Crippen LogP contribution is -2.23. The number of halogens is 4. The van der Waals surface area contributed by atoms with E-state index >= 15 is 0 Å². The van der Waals surface area contributed by atoms with Gasteiger partial charge in [-0.25, -0.2) is 0 Å². The number of rotatable bonds is 7. The van der Waals surface area contributed by atoms with Gasteiger partial charge in [0.05, 0.1) is 28.1 Å². The van der Waals surface area contributed by atoms with Crippen LogP contribution in [0.5, 0.6) is 11.5 Å². The Balaban J connectivity index is 1.40. The first kappa shape index (κ1) is 25.9. The number of aromatic nitrogens is 3. The molecule has 7 nitrogen and oxygen atoms in total. The second-order valence-electron chi connectivity index (χ2n) is 8.39. The highest BCUT2D eigenvalue weighted by Crippen LogP contribution is 2.36. The van der Waals surface area contributed by atoms with E-state index in [-0.39, 0.29) is 17.5 Å². The normalized spacial score (nSPS) is 13.4. The van der Waals surface area contributed by atoms with Gasteiger partial charge in [-0.05, 0) is 42.8 Å². The first-order valence-corrected chi connectivity index (χ1v) is 12.7. The molecule has 196 valence electrons. The Morgan fingerprint density at radius 2 is 1.84 bits per heavy atom. The minimum absolute atomic E-state index is 0.000823. The Bertz CT molecular complexity index is 1480. The van der Waals surface area contributed by atoms with E-state index in [1.165, 1.54) is 0 Å². The zero-order chi connectivity index (χ0) is 26.9. The number of nitrogens with one attached hydrogen (secondary N) is 1. The van der Waals surface area contributed by atoms with Crippen molar-refractivity contribution < 1.29 is 27.4 Å². The predicted molar refractivity (Wildman–Crippen MR) is 138 cm³/mol. The molecule has 1 aliphatic heterocycles. The Morgan fingerprint density at radius 1 is 1.08 bits per heavy atom. The third-order valence-electron chi connectivity index (χ3n) is 5.73. The number of hydrogen-bond acceptors (Lipinski definition) is 6. The second kappa shape index (κ2) is 10.6. The van der Waals surface area contributed by atoms with Crippen molar-refractivity contribution in [1.29, 1.82) is 0 Å². The zero-order valence-corrected chi connectivity index (χ0v) is 21.4. The van der Waals surface area contributed by atoms with Crippen LogP contribution in [0.1, 0.15) is 18.1 Å². The number of anilines is 1. The molecule has 0 fully saturated rings. The van der Waals surface area contributed by atoms with Crippen LogP contribution >= 0.6 is 23.4 Å². The van der Waals surface area contributed by atoms with Gasteiger partial charge in [-0.15, -0.1) is 10.2 Å². The average Bonchev–Trinajstić information content (AvgIpc) is 3.52. The van der Waals surface area contributed by atoms with Crippen molar-refractivity contribution in [3.8, 4) is 22.9 Å². The fourth-order valence-electron chi connectivity index (χ4n) is 3.78. The van der Waals surface area contributed by atoms with E-state index in [0.717, 1.165) is 41.1 Å². The number of fused-ring (bicyclic) bond motifs is 1. The van der Waals surface area contributed by atoms with Crippen LogP contribution in [0.15, 0.2) is 71.9 Å². The number of alkyl halides is 3. The van der Waals surface area contributed by atoms with Crippen LogP contribution in [0, 0.1) is 0 Å². The molecular formula is C26H20ClF3N4O3S. The fourth-order valence-corrected chi connectivity index (χ4v) is 4.80. The molecule has 38 heavy (non-hydrogen) atoms. The molecule has 0 saturated heterocycles. The summed E-state index contributed by atoms with van der Waals surface area (Å²) in [4.78, 5) is 12.9. The molecule has 0 bridgehead atoms. The summed E-state index contributed by atoms with van der Waals surface area (Å²) in [7, 11) is 0. The summed E-state index contributed by atoms with van der Waals surface area (Å²) in [5.41, 5.74) is 0.709. The minimum Gasteiger partial charge on any atom is -0.454 e. The van der Waals surface area contributed by atoms with Crippen LogP contribution in [-0.2, 0) is 17.5 Å². The molecule has 1 atom stereocenters. The summed E-state index contributed by atoms with van der Waals surface area (Å²) >= 11 is 7.18. The van der Waals surface area contributed by atoms with Crippen LogP contribution in [0.3, 0.4) is 0 Å². The monoisotopic (exact) mass is 560 g/mol. The first-order chi connectivity index (χ1) is 18.2. The lowest BCUT2D eigenvalue weighted by molar-refractivity contribution is -0.137. The van der Waals surface area contributed by atoms with Crippen LogP contribution in [0.25, 0.3) is 11.4 Å². The molecule has 5 rings (SSSR count).